The van der Waals surface area contributed by atoms with Gasteiger partial charge in [0.15, 0.2) is 5.96 Å². The van der Waals surface area contributed by atoms with E-state index in [-0.39, 0.29) is 0 Å². The molecule has 0 radical (unpaired) electrons. The third-order valence-electron chi connectivity index (χ3n) is 5.51. The molecule has 0 unspecified atom stereocenters. The molecule has 0 amide bonds. The lowest BCUT2D eigenvalue weighted by Crippen LogP contribution is -2.42. The van der Waals surface area contributed by atoms with Gasteiger partial charge >= 0.3 is 0 Å². The van der Waals surface area contributed by atoms with E-state index in [1.54, 1.807) is 12.1 Å². The molecule has 1 saturated carbocycles. The van der Waals surface area contributed by atoms with E-state index in [2.05, 4.69) is 29.5 Å². The standard InChI is InChI=1S/C20H34N4O2S/c1-5-20(13-7-8-14-20)16-23-19(21-6-2)22-15-17-9-11-18(12-10-17)27(25,26)24(3)4/h9-12H,5-8,13-16H2,1-4H3,(H2,21,22,23). The first-order valence-electron chi connectivity index (χ1n) is 9.86. The van der Waals surface area contributed by atoms with Crippen molar-refractivity contribution in [3.8, 4) is 0 Å². The molecule has 7 heteroatoms. The largest absolute Gasteiger partial charge is 0.357 e. The molecular weight excluding hydrogens is 360 g/mol. The highest BCUT2D eigenvalue weighted by atomic mass is 32.2. The average Bonchev–Trinajstić information content (AvgIpc) is 3.13. The third-order valence-corrected chi connectivity index (χ3v) is 7.34. The molecule has 1 aromatic carbocycles. The van der Waals surface area contributed by atoms with Gasteiger partial charge in [0.25, 0.3) is 0 Å². The molecule has 0 aromatic heterocycles. The first-order valence-corrected chi connectivity index (χ1v) is 11.3. The van der Waals surface area contributed by atoms with Crippen LogP contribution in [0.5, 0.6) is 0 Å². The van der Waals surface area contributed by atoms with Crippen molar-refractivity contribution in [1.82, 2.24) is 14.9 Å². The average molecular weight is 395 g/mol. The predicted molar refractivity (Wildman–Crippen MR) is 111 cm³/mol. The monoisotopic (exact) mass is 394 g/mol. The highest BCUT2D eigenvalue weighted by Crippen LogP contribution is 2.40. The van der Waals surface area contributed by atoms with Crippen molar-refractivity contribution >= 4 is 16.0 Å². The Kier molecular flexibility index (Phi) is 7.68. The van der Waals surface area contributed by atoms with Crippen LogP contribution < -0.4 is 10.6 Å². The Hall–Kier alpha value is -1.60. The molecule has 2 N–H and O–H groups in total. The van der Waals surface area contributed by atoms with Crippen LogP contribution in [0.1, 0.15) is 51.5 Å². The SMILES string of the molecule is CCNC(=NCc1ccc(S(=O)(=O)N(C)C)cc1)NCC1(CC)CCCC1. The molecule has 1 aromatic rings. The van der Waals surface area contributed by atoms with E-state index < -0.39 is 10.0 Å². The van der Waals surface area contributed by atoms with Crippen LogP contribution in [0.2, 0.25) is 0 Å². The minimum Gasteiger partial charge on any atom is -0.357 e. The molecule has 0 aliphatic heterocycles. The zero-order chi connectivity index (χ0) is 19.9. The molecule has 2 rings (SSSR count). The van der Waals surface area contributed by atoms with E-state index in [4.69, 9.17) is 0 Å². The lowest BCUT2D eigenvalue weighted by molar-refractivity contribution is 0.283. The van der Waals surface area contributed by atoms with Crippen LogP contribution in [0.15, 0.2) is 34.2 Å². The number of guanidine groups is 1. The maximum Gasteiger partial charge on any atom is 0.242 e. The summed E-state index contributed by atoms with van der Waals surface area (Å²) in [6.07, 6.45) is 6.42. The van der Waals surface area contributed by atoms with Crippen molar-refractivity contribution in [3.63, 3.8) is 0 Å². The molecule has 152 valence electrons. The zero-order valence-electron chi connectivity index (χ0n) is 17.1. The van der Waals surface area contributed by atoms with Gasteiger partial charge in [-0.2, -0.15) is 0 Å². The Bertz CT molecular complexity index is 721. The number of nitrogens with zero attached hydrogens (tertiary/aromatic N) is 2. The fourth-order valence-corrected chi connectivity index (χ4v) is 4.44. The molecule has 1 aliphatic carbocycles. The summed E-state index contributed by atoms with van der Waals surface area (Å²) in [6.45, 7) is 6.61. The molecule has 0 spiro atoms. The molecular formula is C20H34N4O2S. The smallest absolute Gasteiger partial charge is 0.242 e. The van der Waals surface area contributed by atoms with Gasteiger partial charge in [-0.25, -0.2) is 17.7 Å². The van der Waals surface area contributed by atoms with E-state index >= 15 is 0 Å². The van der Waals surface area contributed by atoms with Gasteiger partial charge in [0, 0.05) is 27.2 Å². The Labute approximate surface area is 164 Å². The van der Waals surface area contributed by atoms with Gasteiger partial charge in [-0.15, -0.1) is 0 Å². The minimum atomic E-state index is -3.39. The molecule has 0 heterocycles. The van der Waals surface area contributed by atoms with E-state index in [1.807, 2.05) is 12.1 Å². The number of hydrogen-bond acceptors (Lipinski definition) is 3. The summed E-state index contributed by atoms with van der Waals surface area (Å²) in [7, 11) is -0.315. The summed E-state index contributed by atoms with van der Waals surface area (Å²) < 4.78 is 25.5. The fourth-order valence-electron chi connectivity index (χ4n) is 3.54. The topological polar surface area (TPSA) is 73.8 Å². The lowest BCUT2D eigenvalue weighted by Gasteiger charge is -2.28. The van der Waals surface area contributed by atoms with Crippen molar-refractivity contribution < 1.29 is 8.42 Å². The van der Waals surface area contributed by atoms with Gasteiger partial charge in [-0.3, -0.25) is 0 Å². The van der Waals surface area contributed by atoms with Crippen LogP contribution in [0, 0.1) is 5.41 Å². The lowest BCUT2D eigenvalue weighted by atomic mass is 9.83. The van der Waals surface area contributed by atoms with E-state index in [1.165, 1.54) is 50.5 Å². The summed E-state index contributed by atoms with van der Waals surface area (Å²) in [4.78, 5) is 4.97. The van der Waals surface area contributed by atoms with Crippen LogP contribution in [-0.4, -0.2) is 45.9 Å². The minimum absolute atomic E-state index is 0.302. The molecule has 1 aliphatic rings. The molecule has 6 nitrogen and oxygen atoms in total. The third kappa shape index (κ3) is 5.69. The van der Waals surface area contributed by atoms with E-state index in [9.17, 15) is 8.42 Å². The van der Waals surface area contributed by atoms with E-state index in [0.717, 1.165) is 24.6 Å². The summed E-state index contributed by atoms with van der Waals surface area (Å²) in [5, 5.41) is 6.82. The second-order valence-electron chi connectivity index (χ2n) is 7.54. The fraction of sp³-hybridized carbons (Fsp3) is 0.650. The van der Waals surface area contributed by atoms with Crippen LogP contribution in [-0.2, 0) is 16.6 Å². The Balaban J connectivity index is 2.01. The summed E-state index contributed by atoms with van der Waals surface area (Å²) in [5.74, 6) is 0.821. The van der Waals surface area contributed by atoms with Gasteiger partial charge in [-0.05, 0) is 49.3 Å². The van der Waals surface area contributed by atoms with Crippen LogP contribution >= 0.6 is 0 Å². The highest BCUT2D eigenvalue weighted by Gasteiger charge is 2.31. The molecule has 0 atom stereocenters. The molecule has 0 saturated heterocycles. The number of nitrogens with one attached hydrogen (secondary N) is 2. The van der Waals surface area contributed by atoms with Crippen LogP contribution in [0.4, 0.5) is 0 Å². The van der Waals surface area contributed by atoms with Crippen molar-refractivity contribution in [2.24, 2.45) is 10.4 Å². The van der Waals surface area contributed by atoms with E-state index in [0.29, 0.717) is 16.9 Å². The number of sulfonamides is 1. The number of hydrogen-bond donors (Lipinski definition) is 2. The first kappa shape index (κ1) is 21.7. The summed E-state index contributed by atoms with van der Waals surface area (Å²) in [6, 6.07) is 6.94. The van der Waals surface area contributed by atoms with Crippen LogP contribution in [0.25, 0.3) is 0 Å². The predicted octanol–water partition coefficient (Wildman–Crippen LogP) is 2.96. The Morgan fingerprint density at radius 1 is 1.11 bits per heavy atom. The molecule has 27 heavy (non-hydrogen) atoms. The second-order valence-corrected chi connectivity index (χ2v) is 9.69. The first-order chi connectivity index (χ1) is 12.8. The second kappa shape index (κ2) is 9.55. The van der Waals surface area contributed by atoms with Gasteiger partial charge < -0.3 is 10.6 Å². The van der Waals surface area contributed by atoms with Gasteiger partial charge in [-0.1, -0.05) is 31.9 Å². The Morgan fingerprint density at radius 2 is 1.74 bits per heavy atom. The summed E-state index contributed by atoms with van der Waals surface area (Å²) >= 11 is 0. The summed E-state index contributed by atoms with van der Waals surface area (Å²) in [5.41, 5.74) is 1.38. The maximum atomic E-state index is 12.1. The number of benzene rings is 1. The van der Waals surface area contributed by atoms with Crippen molar-refractivity contribution in [2.45, 2.75) is 57.4 Å². The van der Waals surface area contributed by atoms with Gasteiger partial charge in [0.05, 0.1) is 11.4 Å². The number of rotatable bonds is 8. The van der Waals surface area contributed by atoms with Gasteiger partial charge in [0.1, 0.15) is 0 Å². The Morgan fingerprint density at radius 3 is 2.26 bits per heavy atom. The van der Waals surface area contributed by atoms with Crippen molar-refractivity contribution in [3.05, 3.63) is 29.8 Å². The quantitative estimate of drug-likeness (QED) is 0.525. The van der Waals surface area contributed by atoms with Crippen molar-refractivity contribution in [2.75, 3.05) is 27.2 Å². The molecule has 1 fully saturated rings. The highest BCUT2D eigenvalue weighted by molar-refractivity contribution is 7.89. The van der Waals surface area contributed by atoms with Crippen LogP contribution in [0.3, 0.4) is 0 Å². The zero-order valence-corrected chi connectivity index (χ0v) is 17.9. The number of aliphatic imine (C=N–C) groups is 1. The molecule has 0 bridgehead atoms. The maximum absolute atomic E-state index is 12.1. The van der Waals surface area contributed by atoms with Gasteiger partial charge in [0.2, 0.25) is 10.0 Å². The van der Waals surface area contributed by atoms with Crippen molar-refractivity contribution in [1.29, 1.82) is 0 Å². The normalized spacial score (nSPS) is 17.3.